The van der Waals surface area contributed by atoms with Crippen molar-refractivity contribution in [3.05, 3.63) is 47.7 Å². The summed E-state index contributed by atoms with van der Waals surface area (Å²) >= 11 is 0. The SMILES string of the molecule is CCNc1cc(Nc2cc(C)ccc2C)ccn1. The van der Waals surface area contributed by atoms with Gasteiger partial charge in [-0.1, -0.05) is 12.1 Å². The molecule has 0 aliphatic rings. The van der Waals surface area contributed by atoms with E-state index < -0.39 is 0 Å². The van der Waals surface area contributed by atoms with E-state index in [0.29, 0.717) is 0 Å². The van der Waals surface area contributed by atoms with Crippen molar-refractivity contribution in [3.63, 3.8) is 0 Å². The van der Waals surface area contributed by atoms with Crippen LogP contribution in [0.25, 0.3) is 0 Å². The Morgan fingerprint density at radius 1 is 1.11 bits per heavy atom. The van der Waals surface area contributed by atoms with Crippen molar-refractivity contribution in [2.75, 3.05) is 17.2 Å². The van der Waals surface area contributed by atoms with E-state index in [0.717, 1.165) is 23.7 Å². The molecule has 94 valence electrons. The van der Waals surface area contributed by atoms with Gasteiger partial charge in [-0.05, 0) is 44.0 Å². The van der Waals surface area contributed by atoms with Gasteiger partial charge in [0.1, 0.15) is 5.82 Å². The normalized spacial score (nSPS) is 10.2. The van der Waals surface area contributed by atoms with Crippen molar-refractivity contribution < 1.29 is 0 Å². The van der Waals surface area contributed by atoms with Gasteiger partial charge in [0.15, 0.2) is 0 Å². The molecule has 1 aromatic carbocycles. The van der Waals surface area contributed by atoms with Crippen LogP contribution >= 0.6 is 0 Å². The number of rotatable bonds is 4. The molecule has 0 unspecified atom stereocenters. The minimum Gasteiger partial charge on any atom is -0.370 e. The zero-order chi connectivity index (χ0) is 13.0. The third kappa shape index (κ3) is 3.00. The molecular formula is C15H19N3. The Morgan fingerprint density at radius 3 is 2.72 bits per heavy atom. The van der Waals surface area contributed by atoms with Gasteiger partial charge in [0.05, 0.1) is 0 Å². The van der Waals surface area contributed by atoms with E-state index in [4.69, 9.17) is 0 Å². The average molecular weight is 241 g/mol. The number of hydrogen-bond donors (Lipinski definition) is 2. The first-order valence-corrected chi connectivity index (χ1v) is 6.23. The summed E-state index contributed by atoms with van der Waals surface area (Å²) in [6.45, 7) is 7.14. The molecule has 0 bridgehead atoms. The van der Waals surface area contributed by atoms with Crippen LogP contribution in [0, 0.1) is 13.8 Å². The van der Waals surface area contributed by atoms with Crippen LogP contribution in [-0.2, 0) is 0 Å². The number of hydrogen-bond acceptors (Lipinski definition) is 3. The van der Waals surface area contributed by atoms with Gasteiger partial charge in [0.25, 0.3) is 0 Å². The fraction of sp³-hybridized carbons (Fsp3) is 0.267. The minimum atomic E-state index is 0.875. The number of aromatic nitrogens is 1. The lowest BCUT2D eigenvalue weighted by molar-refractivity contribution is 1.16. The third-order valence-corrected chi connectivity index (χ3v) is 2.79. The van der Waals surface area contributed by atoms with Crippen LogP contribution in [0.2, 0.25) is 0 Å². The summed E-state index contributed by atoms with van der Waals surface area (Å²) in [6.07, 6.45) is 1.81. The summed E-state index contributed by atoms with van der Waals surface area (Å²) in [5.41, 5.74) is 4.68. The molecule has 0 atom stereocenters. The molecule has 2 aromatic rings. The van der Waals surface area contributed by atoms with Crippen LogP contribution in [-0.4, -0.2) is 11.5 Å². The third-order valence-electron chi connectivity index (χ3n) is 2.79. The van der Waals surface area contributed by atoms with Gasteiger partial charge in [0.2, 0.25) is 0 Å². The molecule has 1 aromatic heterocycles. The Kier molecular flexibility index (Phi) is 3.82. The van der Waals surface area contributed by atoms with E-state index >= 15 is 0 Å². The van der Waals surface area contributed by atoms with Crippen molar-refractivity contribution >= 4 is 17.2 Å². The molecule has 0 aliphatic carbocycles. The molecule has 0 fully saturated rings. The van der Waals surface area contributed by atoms with Gasteiger partial charge < -0.3 is 10.6 Å². The zero-order valence-corrected chi connectivity index (χ0v) is 11.1. The monoisotopic (exact) mass is 241 g/mol. The van der Waals surface area contributed by atoms with Crippen LogP contribution in [0.5, 0.6) is 0 Å². The molecule has 2 rings (SSSR count). The lowest BCUT2D eigenvalue weighted by atomic mass is 10.1. The Labute approximate surface area is 108 Å². The predicted molar refractivity (Wildman–Crippen MR) is 77.6 cm³/mol. The number of nitrogens with one attached hydrogen (secondary N) is 2. The molecule has 0 saturated heterocycles. The van der Waals surface area contributed by atoms with E-state index in [1.165, 1.54) is 11.1 Å². The van der Waals surface area contributed by atoms with Crippen molar-refractivity contribution in [2.45, 2.75) is 20.8 Å². The Balaban J connectivity index is 2.22. The lowest BCUT2D eigenvalue weighted by Crippen LogP contribution is -2.00. The highest BCUT2D eigenvalue weighted by Crippen LogP contribution is 2.22. The first kappa shape index (κ1) is 12.4. The first-order chi connectivity index (χ1) is 8.69. The summed E-state index contributed by atoms with van der Waals surface area (Å²) in [6, 6.07) is 10.4. The van der Waals surface area contributed by atoms with Gasteiger partial charge in [0, 0.05) is 30.2 Å². The van der Waals surface area contributed by atoms with Crippen molar-refractivity contribution in [2.24, 2.45) is 0 Å². The molecule has 0 spiro atoms. The average Bonchev–Trinajstić information content (AvgIpc) is 2.35. The number of pyridine rings is 1. The van der Waals surface area contributed by atoms with E-state index in [-0.39, 0.29) is 0 Å². The van der Waals surface area contributed by atoms with Crippen LogP contribution < -0.4 is 10.6 Å². The number of benzene rings is 1. The Hall–Kier alpha value is -2.03. The van der Waals surface area contributed by atoms with Crippen molar-refractivity contribution in [3.8, 4) is 0 Å². The second kappa shape index (κ2) is 5.54. The summed E-state index contributed by atoms with van der Waals surface area (Å²) in [4.78, 5) is 4.26. The molecule has 3 heteroatoms. The van der Waals surface area contributed by atoms with Crippen molar-refractivity contribution in [1.29, 1.82) is 0 Å². The Bertz CT molecular complexity index is 535. The molecule has 0 aliphatic heterocycles. The molecule has 18 heavy (non-hydrogen) atoms. The molecular weight excluding hydrogens is 222 g/mol. The fourth-order valence-electron chi connectivity index (χ4n) is 1.81. The van der Waals surface area contributed by atoms with E-state index in [2.05, 4.69) is 54.6 Å². The number of aryl methyl sites for hydroxylation is 2. The van der Waals surface area contributed by atoms with Crippen LogP contribution in [0.3, 0.4) is 0 Å². The second-order valence-electron chi connectivity index (χ2n) is 4.40. The van der Waals surface area contributed by atoms with E-state index in [1.54, 1.807) is 0 Å². The standard InChI is InChI=1S/C15H19N3/c1-4-16-15-10-13(7-8-17-15)18-14-9-11(2)5-6-12(14)3/h5-10H,4H2,1-3H3,(H2,16,17,18). The molecule has 2 N–H and O–H groups in total. The Morgan fingerprint density at radius 2 is 1.94 bits per heavy atom. The first-order valence-electron chi connectivity index (χ1n) is 6.23. The molecule has 0 saturated carbocycles. The molecule has 1 heterocycles. The van der Waals surface area contributed by atoms with Gasteiger partial charge in [-0.25, -0.2) is 4.98 Å². The lowest BCUT2D eigenvalue weighted by Gasteiger charge is -2.11. The number of nitrogens with zero attached hydrogens (tertiary/aromatic N) is 1. The topological polar surface area (TPSA) is 37.0 Å². The molecule has 0 radical (unpaired) electrons. The quantitative estimate of drug-likeness (QED) is 0.853. The zero-order valence-electron chi connectivity index (χ0n) is 11.1. The summed E-state index contributed by atoms with van der Waals surface area (Å²) in [5.74, 6) is 0.896. The second-order valence-corrected chi connectivity index (χ2v) is 4.40. The van der Waals surface area contributed by atoms with E-state index in [1.807, 2.05) is 18.3 Å². The predicted octanol–water partition coefficient (Wildman–Crippen LogP) is 3.87. The summed E-state index contributed by atoms with van der Waals surface area (Å²) in [5, 5.41) is 6.64. The highest BCUT2D eigenvalue weighted by Gasteiger charge is 2.00. The van der Waals surface area contributed by atoms with Crippen LogP contribution in [0.4, 0.5) is 17.2 Å². The van der Waals surface area contributed by atoms with Gasteiger partial charge >= 0.3 is 0 Å². The highest BCUT2D eigenvalue weighted by atomic mass is 15.0. The maximum Gasteiger partial charge on any atom is 0.127 e. The van der Waals surface area contributed by atoms with Gasteiger partial charge in [-0.3, -0.25) is 0 Å². The summed E-state index contributed by atoms with van der Waals surface area (Å²) < 4.78 is 0. The highest BCUT2D eigenvalue weighted by molar-refractivity contribution is 5.65. The fourth-order valence-corrected chi connectivity index (χ4v) is 1.81. The van der Waals surface area contributed by atoms with Crippen LogP contribution in [0.15, 0.2) is 36.5 Å². The van der Waals surface area contributed by atoms with Crippen molar-refractivity contribution in [1.82, 2.24) is 4.98 Å². The van der Waals surface area contributed by atoms with Gasteiger partial charge in [-0.2, -0.15) is 0 Å². The number of anilines is 3. The maximum absolute atomic E-state index is 4.26. The molecule has 0 amide bonds. The van der Waals surface area contributed by atoms with Gasteiger partial charge in [-0.15, -0.1) is 0 Å². The molecule has 3 nitrogen and oxygen atoms in total. The van der Waals surface area contributed by atoms with Crippen LogP contribution in [0.1, 0.15) is 18.1 Å². The largest absolute Gasteiger partial charge is 0.370 e. The maximum atomic E-state index is 4.26. The van der Waals surface area contributed by atoms with E-state index in [9.17, 15) is 0 Å². The smallest absolute Gasteiger partial charge is 0.127 e. The summed E-state index contributed by atoms with van der Waals surface area (Å²) in [7, 11) is 0. The minimum absolute atomic E-state index is 0.875.